The van der Waals surface area contributed by atoms with Gasteiger partial charge in [-0.3, -0.25) is 5.14 Å². The Morgan fingerprint density at radius 3 is 2.57 bits per heavy atom. The Bertz CT molecular complexity index is 88.1. The van der Waals surface area contributed by atoms with Gasteiger partial charge in [0, 0.05) is 5.75 Å². The summed E-state index contributed by atoms with van der Waals surface area (Å²) in [5, 5.41) is 7.85. The number of rotatable bonds is 0. The first kappa shape index (κ1) is 5.32. The van der Waals surface area contributed by atoms with Crippen LogP contribution in [0.4, 0.5) is 0 Å². The highest BCUT2D eigenvalue weighted by molar-refractivity contribution is 8.13. The molecule has 1 rings (SSSR count). The van der Waals surface area contributed by atoms with Crippen molar-refractivity contribution in [2.24, 2.45) is 5.14 Å². The highest BCUT2D eigenvalue weighted by Gasteiger charge is 1.94. The van der Waals surface area contributed by atoms with E-state index in [1.54, 1.807) is 0 Å². The zero-order valence-corrected chi connectivity index (χ0v) is 5.21. The highest BCUT2D eigenvalue weighted by atomic mass is 32.2. The Kier molecular flexibility index (Phi) is 1.88. The Morgan fingerprint density at radius 1 is 1.43 bits per heavy atom. The first-order chi connectivity index (χ1) is 3.39. The largest absolute Gasteiger partial charge is 0.284 e. The zero-order valence-electron chi connectivity index (χ0n) is 4.39. The molecular formula is C5H11NS. The van der Waals surface area contributed by atoms with E-state index in [-0.39, 0.29) is 10.7 Å². The lowest BCUT2D eigenvalue weighted by molar-refractivity contribution is 0.847. The van der Waals surface area contributed by atoms with Crippen molar-refractivity contribution in [2.75, 3.05) is 5.75 Å². The van der Waals surface area contributed by atoms with Crippen molar-refractivity contribution in [3.63, 3.8) is 0 Å². The third-order valence-electron chi connectivity index (χ3n) is 1.17. The van der Waals surface area contributed by atoms with E-state index in [0.29, 0.717) is 0 Å². The van der Waals surface area contributed by atoms with E-state index in [0.717, 1.165) is 0 Å². The summed E-state index contributed by atoms with van der Waals surface area (Å²) in [6.45, 7) is 0. The number of hydrogen-bond acceptors (Lipinski definition) is 1. The molecule has 1 atom stereocenters. The third kappa shape index (κ3) is 1.61. The quantitative estimate of drug-likeness (QED) is 0.473. The van der Waals surface area contributed by atoms with Gasteiger partial charge in [0.25, 0.3) is 0 Å². The molecule has 0 radical (unpaired) electrons. The lowest BCUT2D eigenvalue weighted by Gasteiger charge is -2.06. The van der Waals surface area contributed by atoms with Gasteiger partial charge in [-0.05, 0) is 24.6 Å². The molecule has 1 aliphatic rings. The van der Waals surface area contributed by atoms with Gasteiger partial charge in [0.05, 0.1) is 0 Å². The minimum absolute atomic E-state index is 0.185. The van der Waals surface area contributed by atoms with Crippen LogP contribution in [0.15, 0.2) is 0 Å². The highest BCUT2D eigenvalue weighted by Crippen LogP contribution is 2.12. The van der Waals surface area contributed by atoms with Gasteiger partial charge in [0.2, 0.25) is 0 Å². The van der Waals surface area contributed by atoms with Crippen molar-refractivity contribution in [1.29, 1.82) is 0 Å². The Labute approximate surface area is 47.0 Å². The van der Waals surface area contributed by atoms with E-state index in [1.807, 2.05) is 0 Å². The van der Waals surface area contributed by atoms with Crippen LogP contribution in [0.2, 0.25) is 0 Å². The topological polar surface area (TPSA) is 26.0 Å². The Hall–Kier alpha value is 0.180. The molecule has 7 heavy (non-hydrogen) atoms. The van der Waals surface area contributed by atoms with Gasteiger partial charge in [-0.2, -0.15) is 0 Å². The number of nitrogens with two attached hydrogens (primary N) is 1. The fraction of sp³-hybridized carbons (Fsp3) is 0.800. The second kappa shape index (κ2) is 2.48. The van der Waals surface area contributed by atoms with Crippen LogP contribution in [0.1, 0.15) is 19.3 Å². The Morgan fingerprint density at radius 2 is 2.29 bits per heavy atom. The predicted molar refractivity (Wildman–Crippen MR) is 36.6 cm³/mol. The minimum atomic E-state index is 0.185. The lowest BCUT2D eigenvalue weighted by atomic mass is 10.3. The van der Waals surface area contributed by atoms with Crippen molar-refractivity contribution in [3.8, 4) is 0 Å². The maximum Gasteiger partial charge on any atom is 0.00103 e. The minimum Gasteiger partial charge on any atom is -0.284 e. The molecule has 0 aliphatic carbocycles. The summed E-state index contributed by atoms with van der Waals surface area (Å²) in [6.07, 6.45) is 3.95. The average molecular weight is 117 g/mol. The van der Waals surface area contributed by atoms with E-state index in [2.05, 4.69) is 5.37 Å². The van der Waals surface area contributed by atoms with Crippen LogP contribution in [0, 0.1) is 0 Å². The van der Waals surface area contributed by atoms with Crippen molar-refractivity contribution in [3.05, 3.63) is 0 Å². The average Bonchev–Trinajstić information content (AvgIpc) is 1.69. The normalized spacial score (nSPS) is 31.9. The van der Waals surface area contributed by atoms with Crippen molar-refractivity contribution in [2.45, 2.75) is 19.3 Å². The summed E-state index contributed by atoms with van der Waals surface area (Å²) in [5.41, 5.74) is 0. The zero-order chi connectivity index (χ0) is 5.11. The lowest BCUT2D eigenvalue weighted by Crippen LogP contribution is -1.99. The summed E-state index contributed by atoms with van der Waals surface area (Å²) in [6, 6.07) is 0. The Balaban J connectivity index is 2.40. The van der Waals surface area contributed by atoms with Gasteiger partial charge < -0.3 is 0 Å². The molecule has 0 saturated carbocycles. The SMILES string of the molecule is NS1=CCCCC1. The second-order valence-electron chi connectivity index (χ2n) is 1.84. The molecule has 0 amide bonds. The molecule has 42 valence electrons. The first-order valence-electron chi connectivity index (χ1n) is 2.67. The molecule has 0 aromatic carbocycles. The maximum atomic E-state index is 5.61. The molecule has 0 saturated heterocycles. The molecule has 0 aromatic rings. The molecule has 2 N–H and O–H groups in total. The molecule has 0 spiro atoms. The van der Waals surface area contributed by atoms with Crippen LogP contribution in [0.5, 0.6) is 0 Å². The van der Waals surface area contributed by atoms with Gasteiger partial charge >= 0.3 is 0 Å². The van der Waals surface area contributed by atoms with Gasteiger partial charge in [-0.15, -0.1) is 10.7 Å². The van der Waals surface area contributed by atoms with Gasteiger partial charge in [-0.1, -0.05) is 0 Å². The third-order valence-corrected chi connectivity index (χ3v) is 2.59. The fourth-order valence-corrected chi connectivity index (χ4v) is 1.90. The summed E-state index contributed by atoms with van der Waals surface area (Å²) < 4.78 is 0. The molecule has 1 unspecified atom stereocenters. The van der Waals surface area contributed by atoms with Crippen LogP contribution < -0.4 is 5.14 Å². The number of hydrogen-bond donors (Lipinski definition) is 1. The smallest absolute Gasteiger partial charge is 0.00103 e. The van der Waals surface area contributed by atoms with Gasteiger partial charge in [0.15, 0.2) is 0 Å². The molecule has 0 fully saturated rings. The molecule has 1 nitrogen and oxygen atoms in total. The summed E-state index contributed by atoms with van der Waals surface area (Å²) in [7, 11) is 0.185. The van der Waals surface area contributed by atoms with E-state index >= 15 is 0 Å². The van der Waals surface area contributed by atoms with Crippen molar-refractivity contribution < 1.29 is 0 Å². The van der Waals surface area contributed by atoms with E-state index < -0.39 is 0 Å². The molecule has 1 aliphatic heterocycles. The van der Waals surface area contributed by atoms with E-state index in [4.69, 9.17) is 5.14 Å². The van der Waals surface area contributed by atoms with Gasteiger partial charge in [0.1, 0.15) is 0 Å². The summed E-state index contributed by atoms with van der Waals surface area (Å²) in [4.78, 5) is 0. The first-order valence-corrected chi connectivity index (χ1v) is 4.19. The van der Waals surface area contributed by atoms with Gasteiger partial charge in [-0.25, -0.2) is 0 Å². The van der Waals surface area contributed by atoms with Crippen LogP contribution in [-0.2, 0) is 0 Å². The van der Waals surface area contributed by atoms with Crippen LogP contribution in [0.25, 0.3) is 0 Å². The molecular weight excluding hydrogens is 106 g/mol. The maximum absolute atomic E-state index is 5.61. The fourth-order valence-electron chi connectivity index (χ4n) is 0.731. The van der Waals surface area contributed by atoms with Crippen molar-refractivity contribution in [1.82, 2.24) is 0 Å². The predicted octanol–water partition coefficient (Wildman–Crippen LogP) is 1.12. The van der Waals surface area contributed by atoms with Crippen LogP contribution in [-0.4, -0.2) is 11.1 Å². The van der Waals surface area contributed by atoms with Crippen LogP contribution in [0.3, 0.4) is 0 Å². The standard InChI is InChI=1S/C5H11NS/c6-7-4-2-1-3-5-7/h4H,1-3,5-6H2. The molecule has 0 aromatic heterocycles. The summed E-state index contributed by atoms with van der Waals surface area (Å²) in [5.74, 6) is 1.24. The molecule has 0 bridgehead atoms. The van der Waals surface area contributed by atoms with E-state index in [9.17, 15) is 0 Å². The summed E-state index contributed by atoms with van der Waals surface area (Å²) >= 11 is 0. The molecule has 1 heterocycles. The van der Waals surface area contributed by atoms with Crippen LogP contribution >= 0.6 is 10.7 Å². The second-order valence-corrected chi connectivity index (χ2v) is 3.52. The monoisotopic (exact) mass is 117 g/mol. The molecule has 2 heteroatoms. The van der Waals surface area contributed by atoms with E-state index in [1.165, 1.54) is 25.0 Å². The van der Waals surface area contributed by atoms with Crippen molar-refractivity contribution >= 4 is 16.0 Å².